The summed E-state index contributed by atoms with van der Waals surface area (Å²) in [5, 5.41) is 11.0. The first-order valence-electron chi connectivity index (χ1n) is 4.35. The Hall–Kier alpha value is -1.20. The number of nitrogens with one attached hydrogen (secondary N) is 1. The Kier molecular flexibility index (Phi) is 4.28. The molecule has 0 saturated heterocycles. The smallest absolute Gasteiger partial charge is 0.233 e. The highest BCUT2D eigenvalue weighted by atomic mass is 16.5. The summed E-state index contributed by atoms with van der Waals surface area (Å²) < 4.78 is 9.96. The van der Waals surface area contributed by atoms with E-state index in [1.54, 1.807) is 20.3 Å². The second kappa shape index (κ2) is 5.51. The standard InChI is InChI=1S/C9H15N3O2/c1-10-8(6-13-2)7-4-5-9(14-3)12-11-7/h4-5,8,10H,6H2,1-3H3. The number of hydrogen-bond acceptors (Lipinski definition) is 5. The molecule has 0 saturated carbocycles. The van der Waals surface area contributed by atoms with Crippen LogP contribution in [0.15, 0.2) is 12.1 Å². The Morgan fingerprint density at radius 2 is 2.14 bits per heavy atom. The fourth-order valence-electron chi connectivity index (χ4n) is 1.11. The number of nitrogens with zero attached hydrogens (tertiary/aromatic N) is 2. The number of likely N-dealkylation sites (N-methyl/N-ethyl adjacent to an activating group) is 1. The van der Waals surface area contributed by atoms with E-state index in [2.05, 4.69) is 15.5 Å². The molecule has 0 radical (unpaired) electrons. The molecule has 0 aromatic carbocycles. The van der Waals surface area contributed by atoms with Crippen LogP contribution in [-0.2, 0) is 4.74 Å². The Bertz CT molecular complexity index is 263. The molecule has 1 rings (SSSR count). The fourth-order valence-corrected chi connectivity index (χ4v) is 1.11. The van der Waals surface area contributed by atoms with Crippen molar-refractivity contribution < 1.29 is 9.47 Å². The van der Waals surface area contributed by atoms with E-state index in [0.29, 0.717) is 12.5 Å². The molecule has 5 heteroatoms. The molecule has 0 aliphatic carbocycles. The van der Waals surface area contributed by atoms with Crippen molar-refractivity contribution in [3.63, 3.8) is 0 Å². The predicted octanol–water partition coefficient (Wildman–Crippen LogP) is 0.392. The zero-order chi connectivity index (χ0) is 10.4. The normalized spacial score (nSPS) is 12.5. The highest BCUT2D eigenvalue weighted by Crippen LogP contribution is 2.11. The molecule has 1 atom stereocenters. The van der Waals surface area contributed by atoms with Gasteiger partial charge < -0.3 is 14.8 Å². The summed E-state index contributed by atoms with van der Waals surface area (Å²) in [5.41, 5.74) is 0.843. The maximum atomic E-state index is 5.04. The molecule has 0 spiro atoms. The monoisotopic (exact) mass is 197 g/mol. The van der Waals surface area contributed by atoms with Crippen LogP contribution in [0.2, 0.25) is 0 Å². The minimum atomic E-state index is 0.0680. The largest absolute Gasteiger partial charge is 0.480 e. The third-order valence-electron chi connectivity index (χ3n) is 1.91. The van der Waals surface area contributed by atoms with Crippen molar-refractivity contribution in [2.45, 2.75) is 6.04 Å². The second-order valence-electron chi connectivity index (χ2n) is 2.80. The number of ether oxygens (including phenoxy) is 2. The van der Waals surface area contributed by atoms with Crippen LogP contribution in [0.25, 0.3) is 0 Å². The first kappa shape index (κ1) is 10.9. The Morgan fingerprint density at radius 1 is 1.36 bits per heavy atom. The topological polar surface area (TPSA) is 56.3 Å². The molecule has 1 N–H and O–H groups in total. The lowest BCUT2D eigenvalue weighted by molar-refractivity contribution is 0.168. The summed E-state index contributed by atoms with van der Waals surface area (Å²) in [6.45, 7) is 0.567. The summed E-state index contributed by atoms with van der Waals surface area (Å²) >= 11 is 0. The summed E-state index contributed by atoms with van der Waals surface area (Å²) in [7, 11) is 5.07. The van der Waals surface area contributed by atoms with E-state index in [9.17, 15) is 0 Å². The highest BCUT2D eigenvalue weighted by Gasteiger charge is 2.10. The Labute approximate surface area is 83.4 Å². The molecule has 0 fully saturated rings. The average molecular weight is 197 g/mol. The Balaban J connectivity index is 2.73. The molecule has 0 amide bonds. The minimum Gasteiger partial charge on any atom is -0.480 e. The average Bonchev–Trinajstić information content (AvgIpc) is 2.26. The number of aromatic nitrogens is 2. The van der Waals surface area contributed by atoms with E-state index in [0.717, 1.165) is 5.69 Å². The van der Waals surface area contributed by atoms with Gasteiger partial charge in [0.2, 0.25) is 5.88 Å². The zero-order valence-electron chi connectivity index (χ0n) is 8.65. The van der Waals surface area contributed by atoms with Crippen molar-refractivity contribution in [2.75, 3.05) is 27.9 Å². The Morgan fingerprint density at radius 3 is 2.57 bits per heavy atom. The van der Waals surface area contributed by atoms with Crippen LogP contribution in [0.1, 0.15) is 11.7 Å². The van der Waals surface area contributed by atoms with Crippen LogP contribution in [0.4, 0.5) is 0 Å². The van der Waals surface area contributed by atoms with Crippen LogP contribution in [0, 0.1) is 0 Å². The van der Waals surface area contributed by atoms with Gasteiger partial charge in [-0.05, 0) is 13.1 Å². The highest BCUT2D eigenvalue weighted by molar-refractivity contribution is 5.14. The van der Waals surface area contributed by atoms with Crippen LogP contribution in [-0.4, -0.2) is 38.1 Å². The number of methoxy groups -OCH3 is 2. The first-order chi connectivity index (χ1) is 6.81. The van der Waals surface area contributed by atoms with Crippen LogP contribution in [0.3, 0.4) is 0 Å². The van der Waals surface area contributed by atoms with E-state index in [-0.39, 0.29) is 6.04 Å². The van der Waals surface area contributed by atoms with Crippen LogP contribution < -0.4 is 10.1 Å². The lowest BCUT2D eigenvalue weighted by Gasteiger charge is -2.13. The summed E-state index contributed by atoms with van der Waals surface area (Å²) in [6, 6.07) is 3.72. The molecule has 1 aromatic rings. The first-order valence-corrected chi connectivity index (χ1v) is 4.35. The van der Waals surface area contributed by atoms with Gasteiger partial charge in [-0.15, -0.1) is 5.10 Å². The quantitative estimate of drug-likeness (QED) is 0.740. The molecular weight excluding hydrogens is 182 g/mol. The molecular formula is C9H15N3O2. The molecule has 0 bridgehead atoms. The van der Waals surface area contributed by atoms with E-state index < -0.39 is 0 Å². The summed E-state index contributed by atoms with van der Waals surface area (Å²) in [6.07, 6.45) is 0. The fraction of sp³-hybridized carbons (Fsp3) is 0.556. The molecule has 1 aromatic heterocycles. The number of hydrogen-bond donors (Lipinski definition) is 1. The van der Waals surface area contributed by atoms with Crippen LogP contribution >= 0.6 is 0 Å². The van der Waals surface area contributed by atoms with Crippen molar-refractivity contribution in [3.8, 4) is 5.88 Å². The molecule has 0 aliphatic heterocycles. The summed E-state index contributed by atoms with van der Waals surface area (Å²) in [4.78, 5) is 0. The van der Waals surface area contributed by atoms with Crippen molar-refractivity contribution in [1.29, 1.82) is 0 Å². The van der Waals surface area contributed by atoms with E-state index in [1.165, 1.54) is 0 Å². The molecule has 14 heavy (non-hydrogen) atoms. The van der Waals surface area contributed by atoms with E-state index >= 15 is 0 Å². The third kappa shape index (κ3) is 2.65. The number of rotatable bonds is 5. The van der Waals surface area contributed by atoms with Gasteiger partial charge in [-0.25, -0.2) is 0 Å². The summed E-state index contributed by atoms with van der Waals surface area (Å²) in [5.74, 6) is 0.515. The van der Waals surface area contributed by atoms with Gasteiger partial charge in [0.25, 0.3) is 0 Å². The molecule has 0 aliphatic rings. The van der Waals surface area contributed by atoms with Crippen LogP contribution in [0.5, 0.6) is 5.88 Å². The molecule has 5 nitrogen and oxygen atoms in total. The lowest BCUT2D eigenvalue weighted by atomic mass is 10.2. The SMILES string of the molecule is CNC(COC)c1ccc(OC)nn1. The molecule has 78 valence electrons. The van der Waals surface area contributed by atoms with Gasteiger partial charge in [-0.1, -0.05) is 0 Å². The molecule has 1 unspecified atom stereocenters. The third-order valence-corrected chi connectivity index (χ3v) is 1.91. The van der Waals surface area contributed by atoms with Gasteiger partial charge in [0.1, 0.15) is 0 Å². The lowest BCUT2D eigenvalue weighted by Crippen LogP contribution is -2.22. The second-order valence-corrected chi connectivity index (χ2v) is 2.80. The van der Waals surface area contributed by atoms with E-state index in [1.807, 2.05) is 13.1 Å². The minimum absolute atomic E-state index is 0.0680. The predicted molar refractivity (Wildman–Crippen MR) is 52.3 cm³/mol. The van der Waals surface area contributed by atoms with E-state index in [4.69, 9.17) is 9.47 Å². The maximum Gasteiger partial charge on any atom is 0.233 e. The van der Waals surface area contributed by atoms with Crippen molar-refractivity contribution in [3.05, 3.63) is 17.8 Å². The van der Waals surface area contributed by atoms with Crippen molar-refractivity contribution in [2.24, 2.45) is 0 Å². The van der Waals surface area contributed by atoms with Gasteiger partial charge in [0, 0.05) is 13.2 Å². The maximum absolute atomic E-state index is 5.04. The van der Waals surface area contributed by atoms with Gasteiger partial charge in [0.05, 0.1) is 25.5 Å². The van der Waals surface area contributed by atoms with Gasteiger partial charge in [-0.3, -0.25) is 0 Å². The van der Waals surface area contributed by atoms with Gasteiger partial charge in [0.15, 0.2) is 0 Å². The van der Waals surface area contributed by atoms with Gasteiger partial charge >= 0.3 is 0 Å². The molecule has 1 heterocycles. The van der Waals surface area contributed by atoms with Gasteiger partial charge in [-0.2, -0.15) is 5.10 Å². The van der Waals surface area contributed by atoms with Crippen molar-refractivity contribution >= 4 is 0 Å². The zero-order valence-corrected chi connectivity index (χ0v) is 8.65. The van der Waals surface area contributed by atoms with Crippen molar-refractivity contribution in [1.82, 2.24) is 15.5 Å².